The molecule has 0 bridgehead atoms. The molecule has 2 rings (SSSR count). The Kier molecular flexibility index (Phi) is 2.93. The van der Waals surface area contributed by atoms with E-state index in [2.05, 4.69) is 20.6 Å². The molecule has 1 aliphatic heterocycles. The van der Waals surface area contributed by atoms with Crippen LogP contribution in [0.3, 0.4) is 0 Å². The van der Waals surface area contributed by atoms with Gasteiger partial charge in [0.25, 0.3) is 0 Å². The van der Waals surface area contributed by atoms with E-state index >= 15 is 0 Å². The van der Waals surface area contributed by atoms with E-state index in [4.69, 9.17) is 0 Å². The topological polar surface area (TPSA) is 49.8 Å². The van der Waals surface area contributed by atoms with E-state index in [1.54, 1.807) is 6.20 Å². The molecule has 0 spiro atoms. The van der Waals surface area contributed by atoms with Gasteiger partial charge in [-0.15, -0.1) is 0 Å². The Morgan fingerprint density at radius 2 is 2.57 bits per heavy atom. The van der Waals surface area contributed by atoms with Crippen LogP contribution in [0, 0.1) is 12.8 Å². The van der Waals surface area contributed by atoms with Gasteiger partial charge in [0, 0.05) is 18.4 Å². The molecule has 0 saturated carbocycles. The van der Waals surface area contributed by atoms with E-state index in [9.17, 15) is 0 Å². The summed E-state index contributed by atoms with van der Waals surface area (Å²) >= 11 is 0. The molecule has 0 amide bonds. The molecule has 14 heavy (non-hydrogen) atoms. The van der Waals surface area contributed by atoms with Gasteiger partial charge in [0.15, 0.2) is 0 Å². The summed E-state index contributed by atoms with van der Waals surface area (Å²) in [4.78, 5) is 8.45. The Hall–Kier alpha value is -1.16. The van der Waals surface area contributed by atoms with Crippen LogP contribution in [-0.2, 0) is 0 Å². The smallest absolute Gasteiger partial charge is 0.222 e. The van der Waals surface area contributed by atoms with Crippen LogP contribution >= 0.6 is 0 Å². The van der Waals surface area contributed by atoms with Gasteiger partial charge in [-0.1, -0.05) is 0 Å². The highest BCUT2D eigenvalue weighted by Crippen LogP contribution is 2.08. The summed E-state index contributed by atoms with van der Waals surface area (Å²) in [6.45, 7) is 5.19. The van der Waals surface area contributed by atoms with Crippen molar-refractivity contribution in [3.05, 3.63) is 18.0 Å². The third-order valence-corrected chi connectivity index (χ3v) is 2.51. The van der Waals surface area contributed by atoms with Crippen molar-refractivity contribution in [2.24, 2.45) is 5.92 Å². The molecule has 1 fully saturated rings. The number of nitrogens with zero attached hydrogens (tertiary/aromatic N) is 2. The zero-order valence-corrected chi connectivity index (χ0v) is 8.45. The van der Waals surface area contributed by atoms with Crippen molar-refractivity contribution < 1.29 is 0 Å². The van der Waals surface area contributed by atoms with E-state index in [0.717, 1.165) is 37.2 Å². The first kappa shape index (κ1) is 9.40. The van der Waals surface area contributed by atoms with Crippen molar-refractivity contribution in [3.63, 3.8) is 0 Å². The summed E-state index contributed by atoms with van der Waals surface area (Å²) in [5, 5.41) is 6.60. The monoisotopic (exact) mass is 192 g/mol. The predicted octanol–water partition coefficient (Wildman–Crippen LogP) is 0.806. The summed E-state index contributed by atoms with van der Waals surface area (Å²) in [6.07, 6.45) is 3.04. The van der Waals surface area contributed by atoms with E-state index in [1.165, 1.54) is 6.42 Å². The lowest BCUT2D eigenvalue weighted by Crippen LogP contribution is -2.18. The minimum absolute atomic E-state index is 0.721. The first-order valence-corrected chi connectivity index (χ1v) is 5.09. The van der Waals surface area contributed by atoms with Gasteiger partial charge in [-0.3, -0.25) is 0 Å². The second-order valence-electron chi connectivity index (χ2n) is 3.76. The fourth-order valence-corrected chi connectivity index (χ4v) is 1.66. The quantitative estimate of drug-likeness (QED) is 0.744. The maximum Gasteiger partial charge on any atom is 0.222 e. The van der Waals surface area contributed by atoms with Crippen LogP contribution in [0.5, 0.6) is 0 Å². The lowest BCUT2D eigenvalue weighted by atomic mass is 10.1. The number of hydrogen-bond acceptors (Lipinski definition) is 4. The zero-order chi connectivity index (χ0) is 9.80. The van der Waals surface area contributed by atoms with Crippen LogP contribution in [0.15, 0.2) is 12.3 Å². The van der Waals surface area contributed by atoms with E-state index in [0.29, 0.717) is 0 Å². The average molecular weight is 192 g/mol. The first-order chi connectivity index (χ1) is 6.84. The van der Waals surface area contributed by atoms with E-state index in [-0.39, 0.29) is 0 Å². The van der Waals surface area contributed by atoms with E-state index in [1.807, 2.05) is 13.0 Å². The van der Waals surface area contributed by atoms with Crippen LogP contribution in [0.2, 0.25) is 0 Å². The summed E-state index contributed by atoms with van der Waals surface area (Å²) in [5.41, 5.74) is 1.01. The Balaban J connectivity index is 1.85. The number of anilines is 1. The Labute approximate surface area is 84.2 Å². The molecule has 0 unspecified atom stereocenters. The van der Waals surface area contributed by atoms with Gasteiger partial charge in [-0.25, -0.2) is 9.97 Å². The zero-order valence-electron chi connectivity index (χ0n) is 8.45. The van der Waals surface area contributed by atoms with Crippen LogP contribution in [0.4, 0.5) is 5.95 Å². The maximum atomic E-state index is 4.29. The Morgan fingerprint density at radius 3 is 3.29 bits per heavy atom. The summed E-state index contributed by atoms with van der Waals surface area (Å²) in [6, 6.07) is 1.91. The van der Waals surface area contributed by atoms with Gasteiger partial charge >= 0.3 is 0 Å². The standard InChI is InChI=1S/C10H16N4/c1-8-2-5-12-10(14-8)13-7-9-3-4-11-6-9/h2,5,9,11H,3-4,6-7H2,1H3,(H,12,13,14)/t9-/m1/s1. The molecule has 1 aliphatic rings. The lowest BCUT2D eigenvalue weighted by molar-refractivity contribution is 0.612. The van der Waals surface area contributed by atoms with Gasteiger partial charge in [0.2, 0.25) is 5.95 Å². The average Bonchev–Trinajstić information content (AvgIpc) is 2.67. The fraction of sp³-hybridized carbons (Fsp3) is 0.600. The van der Waals surface area contributed by atoms with Crippen LogP contribution in [-0.4, -0.2) is 29.6 Å². The first-order valence-electron chi connectivity index (χ1n) is 5.09. The summed E-state index contributed by atoms with van der Waals surface area (Å²) in [5.74, 6) is 1.47. The number of aryl methyl sites for hydroxylation is 1. The number of hydrogen-bond donors (Lipinski definition) is 2. The molecule has 0 radical (unpaired) electrons. The molecule has 1 atom stereocenters. The molecule has 1 aromatic rings. The van der Waals surface area contributed by atoms with Gasteiger partial charge in [0.05, 0.1) is 0 Å². The molecule has 1 aromatic heterocycles. The second kappa shape index (κ2) is 4.37. The molecule has 4 nitrogen and oxygen atoms in total. The highest BCUT2D eigenvalue weighted by Gasteiger charge is 2.13. The Bertz CT molecular complexity index is 294. The molecule has 1 saturated heterocycles. The van der Waals surface area contributed by atoms with E-state index < -0.39 is 0 Å². The molecule has 2 heterocycles. The summed E-state index contributed by atoms with van der Waals surface area (Å²) in [7, 11) is 0. The molecule has 0 aromatic carbocycles. The van der Waals surface area contributed by atoms with Crippen LogP contribution in [0.25, 0.3) is 0 Å². The number of rotatable bonds is 3. The molecule has 4 heteroatoms. The van der Waals surface area contributed by atoms with Crippen LogP contribution < -0.4 is 10.6 Å². The maximum absolute atomic E-state index is 4.29. The lowest BCUT2D eigenvalue weighted by Gasteiger charge is -2.09. The predicted molar refractivity (Wildman–Crippen MR) is 56.2 cm³/mol. The second-order valence-corrected chi connectivity index (χ2v) is 3.76. The number of aromatic nitrogens is 2. The van der Waals surface area contributed by atoms with Crippen molar-refractivity contribution in [2.45, 2.75) is 13.3 Å². The third-order valence-electron chi connectivity index (χ3n) is 2.51. The van der Waals surface area contributed by atoms with Gasteiger partial charge in [-0.05, 0) is 38.4 Å². The molecular formula is C10H16N4. The van der Waals surface area contributed by atoms with Crippen molar-refractivity contribution in [3.8, 4) is 0 Å². The van der Waals surface area contributed by atoms with Gasteiger partial charge in [0.1, 0.15) is 0 Å². The fourth-order valence-electron chi connectivity index (χ4n) is 1.66. The normalized spacial score (nSPS) is 21.1. The van der Waals surface area contributed by atoms with Crippen LogP contribution in [0.1, 0.15) is 12.1 Å². The van der Waals surface area contributed by atoms with Gasteiger partial charge in [-0.2, -0.15) is 0 Å². The third kappa shape index (κ3) is 2.42. The number of nitrogens with one attached hydrogen (secondary N) is 2. The highest BCUT2D eigenvalue weighted by molar-refractivity contribution is 5.24. The molecular weight excluding hydrogens is 176 g/mol. The van der Waals surface area contributed by atoms with Crippen molar-refractivity contribution in [2.75, 3.05) is 25.0 Å². The van der Waals surface area contributed by atoms with Gasteiger partial charge < -0.3 is 10.6 Å². The van der Waals surface area contributed by atoms with Crippen molar-refractivity contribution >= 4 is 5.95 Å². The van der Waals surface area contributed by atoms with Crippen molar-refractivity contribution in [1.29, 1.82) is 0 Å². The minimum atomic E-state index is 0.721. The minimum Gasteiger partial charge on any atom is -0.354 e. The molecule has 76 valence electrons. The Morgan fingerprint density at radius 1 is 1.64 bits per heavy atom. The molecule has 0 aliphatic carbocycles. The largest absolute Gasteiger partial charge is 0.354 e. The van der Waals surface area contributed by atoms with Crippen molar-refractivity contribution in [1.82, 2.24) is 15.3 Å². The highest BCUT2D eigenvalue weighted by atomic mass is 15.1. The SMILES string of the molecule is Cc1ccnc(NC[C@@H]2CCNC2)n1. The summed E-state index contributed by atoms with van der Waals surface area (Å²) < 4.78 is 0. The molecule has 2 N–H and O–H groups in total.